The molecule has 0 unspecified atom stereocenters. The molecule has 19 heavy (non-hydrogen) atoms. The largest absolute Gasteiger partial charge is 0.324 e. The Labute approximate surface area is 110 Å². The smallest absolute Gasteiger partial charge is 0.289 e. The highest BCUT2D eigenvalue weighted by Crippen LogP contribution is 2.30. The van der Waals surface area contributed by atoms with E-state index in [-0.39, 0.29) is 4.90 Å². The van der Waals surface area contributed by atoms with E-state index in [9.17, 15) is 18.5 Å². The minimum absolute atomic E-state index is 0.309. The molecule has 0 spiro atoms. The minimum atomic E-state index is -3.85. The average molecular weight is 286 g/mol. The van der Waals surface area contributed by atoms with Crippen molar-refractivity contribution in [1.29, 1.82) is 0 Å². The first-order chi connectivity index (χ1) is 8.96. The Hall–Kier alpha value is -1.71. The minimum Gasteiger partial charge on any atom is -0.324 e. The van der Waals surface area contributed by atoms with E-state index in [1.54, 1.807) is 0 Å². The van der Waals surface area contributed by atoms with Crippen LogP contribution in [0.3, 0.4) is 0 Å². The molecule has 8 nitrogen and oxygen atoms in total. The maximum Gasteiger partial charge on any atom is 0.289 e. The summed E-state index contributed by atoms with van der Waals surface area (Å²) in [6.45, 7) is 0.777. The first-order valence-electron chi connectivity index (χ1n) is 5.72. The summed E-state index contributed by atoms with van der Waals surface area (Å²) in [5, 5.41) is 11.0. The second-order valence-corrected chi connectivity index (χ2v) is 6.10. The van der Waals surface area contributed by atoms with Gasteiger partial charge in [-0.3, -0.25) is 16.0 Å². The third-order valence-electron chi connectivity index (χ3n) is 3.01. The molecule has 0 bridgehead atoms. The van der Waals surface area contributed by atoms with Gasteiger partial charge in [-0.1, -0.05) is 0 Å². The van der Waals surface area contributed by atoms with Gasteiger partial charge in [-0.15, -0.1) is 0 Å². The van der Waals surface area contributed by atoms with E-state index < -0.39 is 20.6 Å². The number of hydrazine groups is 1. The van der Waals surface area contributed by atoms with Gasteiger partial charge in [0.1, 0.15) is 0 Å². The van der Waals surface area contributed by atoms with Gasteiger partial charge in [-0.05, 0) is 25.0 Å². The number of anilines is 1. The number of benzene rings is 1. The lowest BCUT2D eigenvalue weighted by atomic mass is 10.3. The van der Waals surface area contributed by atoms with Gasteiger partial charge in [-0.2, -0.15) is 4.31 Å². The van der Waals surface area contributed by atoms with Crippen LogP contribution in [0.5, 0.6) is 0 Å². The lowest BCUT2D eigenvalue weighted by molar-refractivity contribution is -0.387. The molecule has 1 aromatic carbocycles. The number of nitro groups is 1. The van der Waals surface area contributed by atoms with E-state index in [4.69, 9.17) is 5.84 Å². The molecule has 1 saturated heterocycles. The number of rotatable bonds is 4. The fraction of sp³-hybridized carbons (Fsp3) is 0.400. The van der Waals surface area contributed by atoms with E-state index in [0.717, 1.165) is 18.9 Å². The maximum absolute atomic E-state index is 12.4. The van der Waals surface area contributed by atoms with Gasteiger partial charge in [0.25, 0.3) is 5.69 Å². The van der Waals surface area contributed by atoms with Crippen molar-refractivity contribution in [1.82, 2.24) is 4.31 Å². The number of sulfonamides is 1. The first kappa shape index (κ1) is 13.7. The van der Waals surface area contributed by atoms with E-state index in [1.165, 1.54) is 16.4 Å². The lowest BCUT2D eigenvalue weighted by Crippen LogP contribution is -2.28. The molecular weight excluding hydrogens is 272 g/mol. The summed E-state index contributed by atoms with van der Waals surface area (Å²) >= 11 is 0. The highest BCUT2D eigenvalue weighted by atomic mass is 32.2. The number of nitrogens with one attached hydrogen (secondary N) is 1. The standard InChI is InChI=1S/C10H14N4O4S/c11-12-8-3-4-9(14(15)16)10(7-8)19(17,18)13-5-1-2-6-13/h3-4,7,12H,1-2,5-6,11H2. The number of nitrogen functional groups attached to an aromatic ring is 1. The van der Waals surface area contributed by atoms with Crippen LogP contribution in [0, 0.1) is 10.1 Å². The fourth-order valence-electron chi connectivity index (χ4n) is 2.03. The van der Waals surface area contributed by atoms with Crippen molar-refractivity contribution in [2.45, 2.75) is 17.7 Å². The molecular formula is C10H14N4O4S. The second kappa shape index (κ2) is 5.11. The van der Waals surface area contributed by atoms with Crippen molar-refractivity contribution in [2.24, 2.45) is 5.84 Å². The number of hydrogen-bond donors (Lipinski definition) is 2. The van der Waals surface area contributed by atoms with Crippen LogP contribution in [-0.2, 0) is 10.0 Å². The van der Waals surface area contributed by atoms with Crippen LogP contribution >= 0.6 is 0 Å². The number of nitrogens with zero attached hydrogens (tertiary/aromatic N) is 2. The average Bonchev–Trinajstić information content (AvgIpc) is 2.92. The summed E-state index contributed by atoms with van der Waals surface area (Å²) in [7, 11) is -3.85. The number of nitro benzene ring substituents is 1. The molecule has 9 heteroatoms. The van der Waals surface area contributed by atoms with Gasteiger partial charge in [0, 0.05) is 19.2 Å². The Balaban J connectivity index is 2.55. The Morgan fingerprint density at radius 3 is 2.47 bits per heavy atom. The molecule has 2 rings (SSSR count). The molecule has 104 valence electrons. The summed E-state index contributed by atoms with van der Waals surface area (Å²) in [4.78, 5) is 9.92. The van der Waals surface area contributed by atoms with Crippen molar-refractivity contribution in [2.75, 3.05) is 18.5 Å². The molecule has 0 radical (unpaired) electrons. The van der Waals surface area contributed by atoms with E-state index in [1.807, 2.05) is 0 Å². The zero-order chi connectivity index (χ0) is 14.0. The molecule has 0 amide bonds. The monoisotopic (exact) mass is 286 g/mol. The summed E-state index contributed by atoms with van der Waals surface area (Å²) < 4.78 is 26.0. The van der Waals surface area contributed by atoms with Crippen LogP contribution < -0.4 is 11.3 Å². The van der Waals surface area contributed by atoms with E-state index >= 15 is 0 Å². The fourth-order valence-corrected chi connectivity index (χ4v) is 3.73. The van der Waals surface area contributed by atoms with Crippen LogP contribution in [-0.4, -0.2) is 30.7 Å². The van der Waals surface area contributed by atoms with Crippen LogP contribution in [0.15, 0.2) is 23.1 Å². The van der Waals surface area contributed by atoms with Crippen molar-refractivity contribution < 1.29 is 13.3 Å². The predicted molar refractivity (Wildman–Crippen MR) is 68.9 cm³/mol. The van der Waals surface area contributed by atoms with Crippen LogP contribution in [0.4, 0.5) is 11.4 Å². The van der Waals surface area contributed by atoms with Crippen molar-refractivity contribution in [3.8, 4) is 0 Å². The summed E-state index contributed by atoms with van der Waals surface area (Å²) in [6, 6.07) is 3.69. The first-order valence-corrected chi connectivity index (χ1v) is 7.16. The number of hydrogen-bond acceptors (Lipinski definition) is 6. The van der Waals surface area contributed by atoms with Gasteiger partial charge in [0.2, 0.25) is 10.0 Å². The Morgan fingerprint density at radius 1 is 1.32 bits per heavy atom. The Kier molecular flexibility index (Phi) is 3.69. The van der Waals surface area contributed by atoms with E-state index in [2.05, 4.69) is 5.43 Å². The molecule has 0 aromatic heterocycles. The molecule has 1 aliphatic heterocycles. The molecule has 0 saturated carbocycles. The van der Waals surface area contributed by atoms with Gasteiger partial charge < -0.3 is 5.43 Å². The summed E-state index contributed by atoms with van der Waals surface area (Å²) in [5.74, 6) is 5.21. The molecule has 3 N–H and O–H groups in total. The predicted octanol–water partition coefficient (Wildman–Crippen LogP) is 0.665. The molecule has 1 fully saturated rings. The second-order valence-electron chi connectivity index (χ2n) is 4.20. The quantitative estimate of drug-likeness (QED) is 0.477. The van der Waals surface area contributed by atoms with Gasteiger partial charge >= 0.3 is 0 Å². The zero-order valence-electron chi connectivity index (χ0n) is 10.1. The molecule has 0 atom stereocenters. The van der Waals surface area contributed by atoms with E-state index in [0.29, 0.717) is 18.8 Å². The van der Waals surface area contributed by atoms with Crippen LogP contribution in [0.1, 0.15) is 12.8 Å². The van der Waals surface area contributed by atoms with Gasteiger partial charge in [-0.25, -0.2) is 8.42 Å². The summed E-state index contributed by atoms with van der Waals surface area (Å²) in [5.41, 5.74) is 2.16. The van der Waals surface area contributed by atoms with Crippen molar-refractivity contribution in [3.05, 3.63) is 28.3 Å². The van der Waals surface area contributed by atoms with Gasteiger partial charge in [0.15, 0.2) is 4.90 Å². The zero-order valence-corrected chi connectivity index (χ0v) is 10.9. The molecule has 1 aliphatic rings. The van der Waals surface area contributed by atoms with Crippen molar-refractivity contribution >= 4 is 21.4 Å². The lowest BCUT2D eigenvalue weighted by Gasteiger charge is -2.16. The number of nitrogens with two attached hydrogens (primary N) is 1. The van der Waals surface area contributed by atoms with Crippen LogP contribution in [0.2, 0.25) is 0 Å². The van der Waals surface area contributed by atoms with Gasteiger partial charge in [0.05, 0.1) is 10.6 Å². The Morgan fingerprint density at radius 2 is 1.95 bits per heavy atom. The normalized spacial score (nSPS) is 16.5. The SMILES string of the molecule is NNc1ccc([N+](=O)[O-])c(S(=O)(=O)N2CCCC2)c1. The van der Waals surface area contributed by atoms with Crippen molar-refractivity contribution in [3.63, 3.8) is 0 Å². The maximum atomic E-state index is 12.4. The third kappa shape index (κ3) is 2.53. The highest BCUT2D eigenvalue weighted by Gasteiger charge is 2.33. The van der Waals surface area contributed by atoms with Crippen LogP contribution in [0.25, 0.3) is 0 Å². The Bertz CT molecular complexity index is 596. The molecule has 0 aliphatic carbocycles. The summed E-state index contributed by atoms with van der Waals surface area (Å²) in [6.07, 6.45) is 1.53. The topological polar surface area (TPSA) is 119 Å². The molecule has 1 aromatic rings. The molecule has 1 heterocycles. The highest BCUT2D eigenvalue weighted by molar-refractivity contribution is 7.89. The third-order valence-corrected chi connectivity index (χ3v) is 4.93.